The van der Waals surface area contributed by atoms with Gasteiger partial charge in [-0.2, -0.15) is 0 Å². The third-order valence-corrected chi connectivity index (χ3v) is 4.42. The van der Waals surface area contributed by atoms with E-state index in [9.17, 15) is 19.2 Å². The van der Waals surface area contributed by atoms with Crippen molar-refractivity contribution in [1.29, 1.82) is 0 Å². The third kappa shape index (κ3) is 18.4. The third-order valence-electron chi connectivity index (χ3n) is 4.42. The van der Waals surface area contributed by atoms with Crippen molar-refractivity contribution in [2.24, 2.45) is 0 Å². The zero-order valence-corrected chi connectivity index (χ0v) is 22.9. The number of aliphatic carboxylic acids is 1. The highest BCUT2D eigenvalue weighted by atomic mass is 16.6. The van der Waals surface area contributed by atoms with E-state index in [2.05, 4.69) is 10.6 Å². The van der Waals surface area contributed by atoms with Crippen LogP contribution in [0.4, 0.5) is 9.59 Å². The normalized spacial score (nSPS) is 12.5. The van der Waals surface area contributed by atoms with Gasteiger partial charge in [-0.1, -0.05) is 0 Å². The predicted molar refractivity (Wildman–Crippen MR) is 131 cm³/mol. The van der Waals surface area contributed by atoms with Gasteiger partial charge in [-0.15, -0.1) is 0 Å². The van der Waals surface area contributed by atoms with Crippen molar-refractivity contribution >= 4 is 24.1 Å². The highest BCUT2D eigenvalue weighted by molar-refractivity contribution is 5.71. The fourth-order valence-electron chi connectivity index (χ4n) is 3.20. The van der Waals surface area contributed by atoms with E-state index in [-0.39, 0.29) is 30.5 Å². The van der Waals surface area contributed by atoms with E-state index in [1.54, 1.807) is 62.3 Å². The lowest BCUT2D eigenvalue weighted by Gasteiger charge is -2.38. The van der Waals surface area contributed by atoms with E-state index in [0.29, 0.717) is 26.1 Å². The Balaban J connectivity index is 5.56. The van der Waals surface area contributed by atoms with Crippen LogP contribution >= 0.6 is 0 Å². The molecule has 0 saturated carbocycles. The molecule has 0 unspecified atom stereocenters. The molecule has 0 aromatic carbocycles. The van der Waals surface area contributed by atoms with Crippen LogP contribution in [-0.2, 0) is 23.8 Å². The fraction of sp³-hybridized carbons (Fsp3) is 0.833. The second-order valence-electron chi connectivity index (χ2n) is 11.6. The summed E-state index contributed by atoms with van der Waals surface area (Å²) in [5.41, 5.74) is -2.02. The molecule has 0 aliphatic heterocycles. The molecule has 0 aliphatic rings. The zero-order valence-electron chi connectivity index (χ0n) is 22.9. The van der Waals surface area contributed by atoms with Crippen molar-refractivity contribution in [2.75, 3.05) is 39.3 Å². The highest BCUT2D eigenvalue weighted by Crippen LogP contribution is 2.14. The lowest BCUT2D eigenvalue weighted by molar-refractivity contribution is -0.919. The monoisotopic (exact) mass is 504 g/mol. The summed E-state index contributed by atoms with van der Waals surface area (Å²) < 4.78 is 16.2. The second kappa shape index (κ2) is 13.5. The summed E-state index contributed by atoms with van der Waals surface area (Å²) in [6.45, 7) is 17.0. The minimum Gasteiger partial charge on any atom is -0.481 e. The van der Waals surface area contributed by atoms with Gasteiger partial charge in [0, 0.05) is 6.42 Å². The molecule has 0 heterocycles. The molecule has 0 saturated heterocycles. The van der Waals surface area contributed by atoms with Gasteiger partial charge in [0.1, 0.15) is 16.8 Å². The first kappa shape index (κ1) is 32.4. The maximum Gasteiger partial charge on any atom is 0.407 e. The Bertz CT molecular complexity index is 684. The average molecular weight is 505 g/mol. The molecule has 0 bridgehead atoms. The van der Waals surface area contributed by atoms with E-state index in [1.807, 2.05) is 0 Å². The zero-order chi connectivity index (χ0) is 27.5. The maximum absolute atomic E-state index is 12.8. The van der Waals surface area contributed by atoms with Crippen LogP contribution in [0.25, 0.3) is 0 Å². The Hall–Kier alpha value is -2.56. The standard InChI is InChI=1S/C24H45N3O8/c1-22(2,3)33-19(30)17-27(14-10-11-18(28)29,15-12-25-20(31)34-23(4,5)6)16-13-26-21(32)35-24(7,8)9/h10-17H2,1-9H3,(H2-,25,26,28,29,31,32)/p+1. The summed E-state index contributed by atoms with van der Waals surface area (Å²) in [5.74, 6) is -1.40. The molecule has 0 fully saturated rings. The number of ether oxygens (including phenoxy) is 3. The molecule has 0 aliphatic carbocycles. The van der Waals surface area contributed by atoms with E-state index >= 15 is 0 Å². The molecule has 35 heavy (non-hydrogen) atoms. The number of carbonyl (C=O) groups excluding carboxylic acids is 3. The highest BCUT2D eigenvalue weighted by Gasteiger charge is 2.33. The van der Waals surface area contributed by atoms with Crippen molar-refractivity contribution in [3.63, 3.8) is 0 Å². The van der Waals surface area contributed by atoms with E-state index in [1.165, 1.54) is 0 Å². The van der Waals surface area contributed by atoms with Crippen LogP contribution in [0.15, 0.2) is 0 Å². The summed E-state index contributed by atoms with van der Waals surface area (Å²) in [5, 5.41) is 14.5. The molecular formula is C24H46N3O8+. The molecule has 0 aromatic heterocycles. The Kier molecular flexibility index (Phi) is 12.5. The molecule has 11 heteroatoms. The van der Waals surface area contributed by atoms with Crippen LogP contribution in [0.1, 0.15) is 75.2 Å². The molecule has 0 radical (unpaired) electrons. The van der Waals surface area contributed by atoms with Crippen LogP contribution < -0.4 is 10.6 Å². The van der Waals surface area contributed by atoms with Gasteiger partial charge in [0.2, 0.25) is 0 Å². The Morgan fingerprint density at radius 1 is 0.686 bits per heavy atom. The molecule has 0 atom stereocenters. The number of hydrogen-bond donors (Lipinski definition) is 3. The largest absolute Gasteiger partial charge is 0.481 e. The lowest BCUT2D eigenvalue weighted by atomic mass is 10.2. The molecular weight excluding hydrogens is 458 g/mol. The number of esters is 1. The SMILES string of the molecule is CC(C)(C)OC(=O)C[N+](CCCC(=O)O)(CCNC(=O)OC(C)(C)C)CCNC(=O)OC(C)(C)C. The van der Waals surface area contributed by atoms with Crippen LogP contribution in [0.5, 0.6) is 0 Å². The number of carboxylic acids is 1. The summed E-state index contributed by atoms with van der Waals surface area (Å²) in [6.07, 6.45) is -0.958. The smallest absolute Gasteiger partial charge is 0.407 e. The van der Waals surface area contributed by atoms with Crippen LogP contribution in [0, 0.1) is 0 Å². The van der Waals surface area contributed by atoms with Crippen LogP contribution in [0.2, 0.25) is 0 Å². The number of hydrogen-bond acceptors (Lipinski definition) is 7. The Morgan fingerprint density at radius 2 is 1.09 bits per heavy atom. The van der Waals surface area contributed by atoms with E-state index < -0.39 is 40.9 Å². The number of quaternary nitrogens is 1. The van der Waals surface area contributed by atoms with Gasteiger partial charge in [0.15, 0.2) is 6.54 Å². The first-order valence-electron chi connectivity index (χ1n) is 11.9. The first-order chi connectivity index (χ1) is 15.7. The number of carboxylic acid groups (broad SMARTS) is 1. The Labute approximate surface area is 209 Å². The predicted octanol–water partition coefficient (Wildman–Crippen LogP) is 3.06. The topological polar surface area (TPSA) is 140 Å². The molecule has 3 N–H and O–H groups in total. The van der Waals surface area contributed by atoms with Gasteiger partial charge in [-0.25, -0.2) is 14.4 Å². The number of nitrogens with zero attached hydrogens (tertiary/aromatic N) is 1. The van der Waals surface area contributed by atoms with Crippen LogP contribution in [-0.4, -0.2) is 89.8 Å². The van der Waals surface area contributed by atoms with Crippen molar-refractivity contribution in [3.8, 4) is 0 Å². The van der Waals surface area contributed by atoms with Crippen LogP contribution in [0.3, 0.4) is 0 Å². The van der Waals surface area contributed by atoms with Gasteiger partial charge >= 0.3 is 24.1 Å². The van der Waals surface area contributed by atoms with E-state index in [4.69, 9.17) is 19.3 Å². The molecule has 204 valence electrons. The summed E-state index contributed by atoms with van der Waals surface area (Å²) >= 11 is 0. The summed E-state index contributed by atoms with van der Waals surface area (Å²) in [4.78, 5) is 48.1. The number of carbonyl (C=O) groups is 4. The molecule has 0 aromatic rings. The summed E-state index contributed by atoms with van der Waals surface area (Å²) in [6, 6.07) is 0. The second-order valence-corrected chi connectivity index (χ2v) is 11.6. The molecule has 11 nitrogen and oxygen atoms in total. The maximum atomic E-state index is 12.8. The fourth-order valence-corrected chi connectivity index (χ4v) is 3.20. The number of nitrogens with one attached hydrogen (secondary N) is 2. The Morgan fingerprint density at radius 3 is 1.43 bits per heavy atom. The molecule has 0 rings (SSSR count). The number of amides is 2. The van der Waals surface area contributed by atoms with Gasteiger partial charge in [0.25, 0.3) is 0 Å². The minimum atomic E-state index is -0.945. The van der Waals surface area contributed by atoms with E-state index in [0.717, 1.165) is 0 Å². The summed E-state index contributed by atoms with van der Waals surface area (Å²) in [7, 11) is 0. The van der Waals surface area contributed by atoms with Gasteiger partial charge in [0.05, 0.1) is 39.1 Å². The van der Waals surface area contributed by atoms with Gasteiger partial charge in [-0.05, 0) is 62.3 Å². The van der Waals surface area contributed by atoms with Crippen molar-refractivity contribution in [2.45, 2.75) is 92.0 Å². The van der Waals surface area contributed by atoms with Crippen molar-refractivity contribution < 1.29 is 43.0 Å². The van der Waals surface area contributed by atoms with Gasteiger partial charge in [-0.3, -0.25) is 4.79 Å². The quantitative estimate of drug-likeness (QED) is 0.209. The van der Waals surface area contributed by atoms with Gasteiger partial charge < -0.3 is 34.4 Å². The number of alkyl carbamates (subject to hydrolysis) is 2. The first-order valence-corrected chi connectivity index (χ1v) is 11.9. The van der Waals surface area contributed by atoms with Crippen molar-refractivity contribution in [1.82, 2.24) is 10.6 Å². The molecule has 0 spiro atoms. The minimum absolute atomic E-state index is 0.0527. The van der Waals surface area contributed by atoms with Crippen molar-refractivity contribution in [3.05, 3.63) is 0 Å². The number of rotatable bonds is 12. The average Bonchev–Trinajstić information content (AvgIpc) is 2.56. The lowest BCUT2D eigenvalue weighted by Crippen LogP contribution is -2.58. The molecule has 2 amide bonds.